The summed E-state index contributed by atoms with van der Waals surface area (Å²) in [6.07, 6.45) is -10.3. The minimum absolute atomic E-state index is 0.151. The van der Waals surface area contributed by atoms with Gasteiger partial charge < -0.3 is 9.50 Å². The molecule has 0 radical (unpaired) electrons. The van der Waals surface area contributed by atoms with Crippen molar-refractivity contribution in [3.05, 3.63) is 53.6 Å². The van der Waals surface area contributed by atoms with Crippen LogP contribution in [0.3, 0.4) is 0 Å². The van der Waals surface area contributed by atoms with Crippen molar-refractivity contribution in [2.75, 3.05) is 5.32 Å². The van der Waals surface area contributed by atoms with Crippen LogP contribution in [0.5, 0.6) is 5.75 Å². The van der Waals surface area contributed by atoms with Crippen molar-refractivity contribution in [3.8, 4) is 5.75 Å². The molecule has 0 aliphatic rings. The lowest BCUT2D eigenvalue weighted by Gasteiger charge is -2.14. The zero-order valence-electron chi connectivity index (χ0n) is 13.9. The Morgan fingerprint density at radius 3 is 1.75 bits per heavy atom. The van der Waals surface area contributed by atoms with E-state index in [0.717, 1.165) is 12.1 Å². The average molecular weight is 427 g/mol. The number of halogens is 6. The van der Waals surface area contributed by atoms with Gasteiger partial charge in [0.15, 0.2) is 0 Å². The van der Waals surface area contributed by atoms with Crippen molar-refractivity contribution in [2.45, 2.75) is 24.2 Å². The van der Waals surface area contributed by atoms with E-state index in [1.807, 2.05) is 0 Å². The second-order valence-electron chi connectivity index (χ2n) is 5.48. The van der Waals surface area contributed by atoms with Crippen LogP contribution in [0.1, 0.15) is 18.1 Å². The molecule has 0 bridgehead atoms. The molecule has 0 aromatic heterocycles. The Balaban J connectivity index is 2.41. The fourth-order valence-electron chi connectivity index (χ4n) is 2.06. The number of carbonyl (C=O) groups excluding carboxylic acids is 1. The number of carbonyl (C=O) groups is 1. The fraction of sp³-hybridized carbons (Fsp3) is 0.188. The zero-order valence-corrected chi connectivity index (χ0v) is 14.7. The first-order valence-electron chi connectivity index (χ1n) is 7.30. The maximum Gasteiger partial charge on any atom is 0.416 e. The van der Waals surface area contributed by atoms with Gasteiger partial charge in [0, 0.05) is 12.6 Å². The molecule has 0 saturated carbocycles. The highest BCUT2D eigenvalue weighted by atomic mass is 32.2. The van der Waals surface area contributed by atoms with Gasteiger partial charge in [0.1, 0.15) is 10.6 Å². The highest BCUT2D eigenvalue weighted by Gasteiger charge is 2.37. The summed E-state index contributed by atoms with van der Waals surface area (Å²) in [5.41, 5.74) is -3.20. The van der Waals surface area contributed by atoms with Gasteiger partial charge in [0.2, 0.25) is 5.91 Å². The van der Waals surface area contributed by atoms with Gasteiger partial charge in [-0.05, 0) is 42.5 Å². The molecule has 2 rings (SSSR count). The maximum atomic E-state index is 12.8. The van der Waals surface area contributed by atoms with Gasteiger partial charge in [0.25, 0.3) is 0 Å². The number of benzene rings is 2. The molecule has 2 aromatic rings. The van der Waals surface area contributed by atoms with Crippen LogP contribution in [0.4, 0.5) is 32.0 Å². The highest BCUT2D eigenvalue weighted by Crippen LogP contribution is 2.38. The Morgan fingerprint density at radius 2 is 1.36 bits per heavy atom. The van der Waals surface area contributed by atoms with Crippen LogP contribution in [0.25, 0.3) is 0 Å². The van der Waals surface area contributed by atoms with Crippen LogP contribution >= 0.6 is 0 Å². The number of nitrogens with one attached hydrogen (secondary N) is 1. The van der Waals surface area contributed by atoms with E-state index in [4.69, 9.17) is 0 Å². The van der Waals surface area contributed by atoms with Crippen LogP contribution < -0.4 is 9.50 Å². The van der Waals surface area contributed by atoms with E-state index in [0.29, 0.717) is 0 Å². The molecule has 28 heavy (non-hydrogen) atoms. The van der Waals surface area contributed by atoms with Gasteiger partial charge in [-0.1, -0.05) is 0 Å². The number of rotatable bonds is 4. The van der Waals surface area contributed by atoms with Crippen molar-refractivity contribution < 1.29 is 43.7 Å². The molecule has 0 heterocycles. The van der Waals surface area contributed by atoms with Gasteiger partial charge in [-0.15, -0.1) is 0 Å². The first-order chi connectivity index (χ1) is 12.7. The molecule has 12 heteroatoms. The Bertz CT molecular complexity index is 949. The summed E-state index contributed by atoms with van der Waals surface area (Å²) in [6, 6.07) is 4.44. The molecule has 0 fully saturated rings. The van der Waals surface area contributed by atoms with E-state index < -0.39 is 50.1 Å². The van der Waals surface area contributed by atoms with Crippen molar-refractivity contribution in [2.24, 2.45) is 0 Å². The Hall–Kier alpha value is -2.76. The van der Waals surface area contributed by atoms with Gasteiger partial charge in [-0.2, -0.15) is 34.8 Å². The molecule has 5 nitrogen and oxygen atoms in total. The van der Waals surface area contributed by atoms with Crippen LogP contribution in [-0.2, 0) is 27.3 Å². The summed E-state index contributed by atoms with van der Waals surface area (Å²) in [4.78, 5) is 10.4. The third-order valence-corrected chi connectivity index (χ3v) is 4.49. The third kappa shape index (κ3) is 5.38. The van der Waals surface area contributed by atoms with E-state index in [-0.39, 0.29) is 23.9 Å². The normalized spacial score (nSPS) is 12.5. The van der Waals surface area contributed by atoms with Gasteiger partial charge >= 0.3 is 22.5 Å². The van der Waals surface area contributed by atoms with Crippen molar-refractivity contribution in [1.29, 1.82) is 0 Å². The van der Waals surface area contributed by atoms with Crippen molar-refractivity contribution in [3.63, 3.8) is 0 Å². The lowest BCUT2D eigenvalue weighted by molar-refractivity contribution is -0.143. The number of alkyl halides is 6. The summed E-state index contributed by atoms with van der Waals surface area (Å²) >= 11 is 0. The lowest BCUT2D eigenvalue weighted by atomic mass is 10.1. The molecule has 2 aromatic carbocycles. The molecule has 0 spiro atoms. The highest BCUT2D eigenvalue weighted by molar-refractivity contribution is 7.87. The molecular weight excluding hydrogens is 416 g/mol. The SMILES string of the molecule is CC(=O)Nc1ccc(S(=O)(=O)Oc2cc(C(F)(F)F)cc(C(F)(F)F)c2)cc1. The Labute approximate surface area is 155 Å². The summed E-state index contributed by atoms with van der Waals surface area (Å²) in [5, 5.41) is 2.36. The Kier molecular flexibility index (Phi) is 5.64. The van der Waals surface area contributed by atoms with Crippen LogP contribution in [0, 0.1) is 0 Å². The molecule has 1 amide bonds. The topological polar surface area (TPSA) is 72.5 Å². The zero-order chi connectivity index (χ0) is 21.3. The fourth-order valence-corrected chi connectivity index (χ4v) is 2.97. The molecular formula is C16H11F6NO4S. The molecule has 0 aliphatic carbocycles. The summed E-state index contributed by atoms with van der Waals surface area (Å²) in [5.74, 6) is -1.58. The summed E-state index contributed by atoms with van der Waals surface area (Å²) < 4.78 is 106. The first-order valence-corrected chi connectivity index (χ1v) is 8.71. The molecule has 1 N–H and O–H groups in total. The van der Waals surface area contributed by atoms with E-state index in [1.165, 1.54) is 19.1 Å². The molecule has 0 aliphatic heterocycles. The third-order valence-electron chi connectivity index (χ3n) is 3.23. The van der Waals surface area contributed by atoms with Crippen LogP contribution in [-0.4, -0.2) is 14.3 Å². The summed E-state index contributed by atoms with van der Waals surface area (Å²) in [6.45, 7) is 1.21. The van der Waals surface area contributed by atoms with E-state index in [2.05, 4.69) is 9.50 Å². The summed E-state index contributed by atoms with van der Waals surface area (Å²) in [7, 11) is -4.73. The number of anilines is 1. The lowest BCUT2D eigenvalue weighted by Crippen LogP contribution is -2.14. The van der Waals surface area contributed by atoms with Gasteiger partial charge in [0.05, 0.1) is 11.1 Å². The predicted octanol–water partition coefficient (Wildman–Crippen LogP) is 4.45. The molecule has 152 valence electrons. The maximum absolute atomic E-state index is 12.8. The van der Waals surface area contributed by atoms with Gasteiger partial charge in [-0.3, -0.25) is 4.79 Å². The quantitative estimate of drug-likeness (QED) is 0.578. The smallest absolute Gasteiger partial charge is 0.379 e. The standard InChI is InChI=1S/C16H11F6NO4S/c1-9(24)23-12-2-4-14(5-3-12)28(25,26)27-13-7-10(15(17,18)19)6-11(8-13)16(20,21)22/h2-8H,1H3,(H,23,24). The number of hydrogen-bond acceptors (Lipinski definition) is 4. The average Bonchev–Trinajstić information content (AvgIpc) is 2.52. The molecule has 0 atom stereocenters. The van der Waals surface area contributed by atoms with E-state index >= 15 is 0 Å². The second-order valence-corrected chi connectivity index (χ2v) is 7.03. The largest absolute Gasteiger partial charge is 0.416 e. The second kappa shape index (κ2) is 7.34. The number of hydrogen-bond donors (Lipinski definition) is 1. The van der Waals surface area contributed by atoms with Crippen molar-refractivity contribution >= 4 is 21.7 Å². The Morgan fingerprint density at radius 1 is 0.893 bits per heavy atom. The van der Waals surface area contributed by atoms with E-state index in [1.54, 1.807) is 0 Å². The van der Waals surface area contributed by atoms with Crippen LogP contribution in [0.2, 0.25) is 0 Å². The molecule has 0 saturated heterocycles. The van der Waals surface area contributed by atoms with Gasteiger partial charge in [-0.25, -0.2) is 0 Å². The minimum atomic E-state index is -5.15. The number of amides is 1. The van der Waals surface area contributed by atoms with E-state index in [9.17, 15) is 39.6 Å². The van der Waals surface area contributed by atoms with Crippen molar-refractivity contribution in [1.82, 2.24) is 0 Å². The van der Waals surface area contributed by atoms with Crippen LogP contribution in [0.15, 0.2) is 47.4 Å². The first kappa shape index (κ1) is 21.5. The predicted molar refractivity (Wildman–Crippen MR) is 85.0 cm³/mol. The molecule has 0 unspecified atom stereocenters. The minimum Gasteiger partial charge on any atom is -0.379 e. The monoisotopic (exact) mass is 427 g/mol.